The molecular formula is C14H10BrNO3S. The number of thiazole rings is 1. The lowest BCUT2D eigenvalue weighted by atomic mass is 10.1. The first-order valence-electron chi connectivity index (χ1n) is 5.99. The third-order valence-corrected chi connectivity index (χ3v) is 3.97. The van der Waals surface area contributed by atoms with Gasteiger partial charge in [0.25, 0.3) is 5.19 Å². The van der Waals surface area contributed by atoms with Crippen molar-refractivity contribution in [1.82, 2.24) is 4.98 Å². The monoisotopic (exact) mass is 351 g/mol. The smallest absolute Gasteiger partial charge is 0.345 e. The molecule has 6 heteroatoms. The van der Waals surface area contributed by atoms with Crippen LogP contribution in [0, 0.1) is 0 Å². The lowest BCUT2D eigenvalue weighted by molar-refractivity contribution is 0.338. The van der Waals surface area contributed by atoms with E-state index in [1.54, 1.807) is 17.5 Å². The van der Waals surface area contributed by atoms with E-state index in [0.717, 1.165) is 9.86 Å². The van der Waals surface area contributed by atoms with E-state index >= 15 is 0 Å². The quantitative estimate of drug-likeness (QED) is 0.667. The summed E-state index contributed by atoms with van der Waals surface area (Å²) in [6, 6.07) is 7.28. The minimum atomic E-state index is -0.395. The average Bonchev–Trinajstić information content (AvgIpc) is 2.87. The summed E-state index contributed by atoms with van der Waals surface area (Å²) in [6.07, 6.45) is 0. The van der Waals surface area contributed by atoms with E-state index in [-0.39, 0.29) is 0 Å². The van der Waals surface area contributed by atoms with Crippen LogP contribution in [0.5, 0.6) is 5.19 Å². The summed E-state index contributed by atoms with van der Waals surface area (Å²) in [4.78, 5) is 16.3. The summed E-state index contributed by atoms with van der Waals surface area (Å²) < 4.78 is 11.6. The Bertz CT molecular complexity index is 825. The second kappa shape index (κ2) is 5.38. The number of ether oxygens (including phenoxy) is 1. The molecule has 2 heterocycles. The molecule has 102 valence electrons. The first kappa shape index (κ1) is 13.3. The molecule has 0 aliphatic carbocycles. The molecule has 1 aromatic carbocycles. The highest BCUT2D eigenvalue weighted by Gasteiger charge is 2.12. The van der Waals surface area contributed by atoms with Crippen molar-refractivity contribution in [2.24, 2.45) is 0 Å². The predicted octanol–water partition coefficient (Wildman–Crippen LogP) is 4.08. The van der Waals surface area contributed by atoms with Gasteiger partial charge in [-0.2, -0.15) is 0 Å². The molecule has 0 unspecified atom stereocenters. The van der Waals surface area contributed by atoms with Gasteiger partial charge in [-0.15, -0.1) is 0 Å². The van der Waals surface area contributed by atoms with E-state index in [4.69, 9.17) is 9.15 Å². The zero-order valence-electron chi connectivity index (χ0n) is 10.6. The highest BCUT2D eigenvalue weighted by molar-refractivity contribution is 9.10. The van der Waals surface area contributed by atoms with Crippen LogP contribution in [0.25, 0.3) is 22.2 Å². The fourth-order valence-electron chi connectivity index (χ4n) is 1.84. The molecule has 0 saturated carbocycles. The molecule has 0 radical (unpaired) electrons. The van der Waals surface area contributed by atoms with Crippen LogP contribution in [0.3, 0.4) is 0 Å². The van der Waals surface area contributed by atoms with Crippen molar-refractivity contribution in [3.8, 4) is 16.5 Å². The van der Waals surface area contributed by atoms with E-state index in [9.17, 15) is 4.79 Å². The lowest BCUT2D eigenvalue weighted by Crippen LogP contribution is -2.03. The van der Waals surface area contributed by atoms with Crippen LogP contribution in [0.4, 0.5) is 0 Å². The maximum atomic E-state index is 12.0. The van der Waals surface area contributed by atoms with Gasteiger partial charge < -0.3 is 9.15 Å². The molecule has 4 nitrogen and oxygen atoms in total. The Morgan fingerprint density at radius 2 is 2.25 bits per heavy atom. The van der Waals surface area contributed by atoms with Crippen molar-refractivity contribution in [1.29, 1.82) is 0 Å². The van der Waals surface area contributed by atoms with Gasteiger partial charge in [0.1, 0.15) is 5.58 Å². The molecule has 0 saturated heterocycles. The Balaban J connectivity index is 2.14. The van der Waals surface area contributed by atoms with Crippen LogP contribution in [-0.2, 0) is 0 Å². The van der Waals surface area contributed by atoms with Crippen LogP contribution in [0.1, 0.15) is 6.92 Å². The predicted molar refractivity (Wildman–Crippen MR) is 82.5 cm³/mol. The fourth-order valence-corrected chi connectivity index (χ4v) is 2.95. The third-order valence-electron chi connectivity index (χ3n) is 2.72. The fraction of sp³-hybridized carbons (Fsp3) is 0.143. The van der Waals surface area contributed by atoms with Crippen molar-refractivity contribution < 1.29 is 9.15 Å². The second-order valence-electron chi connectivity index (χ2n) is 4.06. The van der Waals surface area contributed by atoms with Crippen molar-refractivity contribution in [2.45, 2.75) is 6.92 Å². The molecule has 0 spiro atoms. The van der Waals surface area contributed by atoms with Crippen LogP contribution >= 0.6 is 27.3 Å². The summed E-state index contributed by atoms with van der Waals surface area (Å²) in [5, 5.41) is 3.19. The Morgan fingerprint density at radius 3 is 3.05 bits per heavy atom. The molecule has 0 fully saturated rings. The van der Waals surface area contributed by atoms with Crippen molar-refractivity contribution in [3.05, 3.63) is 44.5 Å². The summed E-state index contributed by atoms with van der Waals surface area (Å²) in [5.74, 6) is 0. The Labute approximate surface area is 127 Å². The highest BCUT2D eigenvalue weighted by Crippen LogP contribution is 2.27. The molecule has 20 heavy (non-hydrogen) atoms. The Kier molecular flexibility index (Phi) is 3.58. The highest BCUT2D eigenvalue weighted by atomic mass is 79.9. The molecule has 3 rings (SSSR count). The molecule has 3 aromatic rings. The topological polar surface area (TPSA) is 52.3 Å². The van der Waals surface area contributed by atoms with Gasteiger partial charge in [0.05, 0.1) is 17.9 Å². The maximum Gasteiger partial charge on any atom is 0.345 e. The van der Waals surface area contributed by atoms with E-state index < -0.39 is 5.63 Å². The zero-order chi connectivity index (χ0) is 14.1. The number of hydrogen-bond donors (Lipinski definition) is 0. The van der Waals surface area contributed by atoms with Crippen molar-refractivity contribution in [3.63, 3.8) is 0 Å². The summed E-state index contributed by atoms with van der Waals surface area (Å²) in [5.41, 5.74) is 1.18. The van der Waals surface area contributed by atoms with E-state index in [1.165, 1.54) is 11.3 Å². The number of fused-ring (bicyclic) bond motifs is 1. The van der Waals surface area contributed by atoms with E-state index in [0.29, 0.717) is 28.6 Å². The number of rotatable bonds is 3. The molecule has 0 atom stereocenters. The molecule has 0 aliphatic rings. The van der Waals surface area contributed by atoms with Gasteiger partial charge in [-0.25, -0.2) is 9.78 Å². The molecule has 0 aliphatic heterocycles. The minimum Gasteiger partial charge on any atom is -0.470 e. The first-order chi connectivity index (χ1) is 9.67. The largest absolute Gasteiger partial charge is 0.470 e. The lowest BCUT2D eigenvalue weighted by Gasteiger charge is -2.00. The zero-order valence-corrected chi connectivity index (χ0v) is 13.0. The Hall–Kier alpha value is -1.66. The van der Waals surface area contributed by atoms with Crippen LogP contribution in [-0.4, -0.2) is 11.6 Å². The average molecular weight is 352 g/mol. The number of nitrogens with zero attached hydrogens (tertiary/aromatic N) is 1. The third kappa shape index (κ3) is 2.48. The van der Waals surface area contributed by atoms with Gasteiger partial charge in [0.15, 0.2) is 0 Å². The van der Waals surface area contributed by atoms with Crippen LogP contribution < -0.4 is 10.4 Å². The molecule has 0 amide bonds. The molecule has 0 N–H and O–H groups in total. The normalized spacial score (nSPS) is 10.9. The Morgan fingerprint density at radius 1 is 1.40 bits per heavy atom. The first-order valence-corrected chi connectivity index (χ1v) is 7.67. The number of aromatic nitrogens is 1. The van der Waals surface area contributed by atoms with Crippen LogP contribution in [0.2, 0.25) is 0 Å². The molecule has 2 aromatic heterocycles. The van der Waals surface area contributed by atoms with E-state index in [1.807, 2.05) is 19.1 Å². The van der Waals surface area contributed by atoms with Gasteiger partial charge in [0.2, 0.25) is 0 Å². The molecular weight excluding hydrogens is 342 g/mol. The van der Waals surface area contributed by atoms with Gasteiger partial charge in [-0.05, 0) is 31.2 Å². The summed E-state index contributed by atoms with van der Waals surface area (Å²) >= 11 is 4.77. The summed E-state index contributed by atoms with van der Waals surface area (Å²) in [7, 11) is 0. The second-order valence-corrected chi connectivity index (χ2v) is 5.80. The van der Waals surface area contributed by atoms with E-state index in [2.05, 4.69) is 20.9 Å². The maximum absolute atomic E-state index is 12.0. The van der Waals surface area contributed by atoms with Gasteiger partial charge in [0, 0.05) is 15.2 Å². The van der Waals surface area contributed by atoms with Gasteiger partial charge >= 0.3 is 5.63 Å². The van der Waals surface area contributed by atoms with Crippen molar-refractivity contribution >= 4 is 38.2 Å². The minimum absolute atomic E-state index is 0.395. The van der Waals surface area contributed by atoms with Crippen molar-refractivity contribution in [2.75, 3.05) is 6.61 Å². The van der Waals surface area contributed by atoms with Crippen LogP contribution in [0.15, 0.2) is 43.3 Å². The summed E-state index contributed by atoms with van der Waals surface area (Å²) in [6.45, 7) is 2.44. The van der Waals surface area contributed by atoms with Gasteiger partial charge in [-0.1, -0.05) is 27.3 Å². The SMILES string of the molecule is CCOc1nc(-c2cc3cc(Br)ccc3oc2=O)cs1. The number of halogens is 1. The number of benzene rings is 1. The standard InChI is InChI=1S/C14H10BrNO3S/c1-2-18-14-16-11(7-20-14)10-6-8-5-9(15)3-4-12(8)19-13(10)17/h3-7H,2H2,1H3. The van der Waals surface area contributed by atoms with Gasteiger partial charge in [-0.3, -0.25) is 0 Å². The number of hydrogen-bond acceptors (Lipinski definition) is 5. The molecule has 0 bridgehead atoms.